The van der Waals surface area contributed by atoms with E-state index in [2.05, 4.69) is 12.2 Å². The molecule has 0 bridgehead atoms. The van der Waals surface area contributed by atoms with Gasteiger partial charge in [-0.05, 0) is 18.8 Å². The van der Waals surface area contributed by atoms with E-state index < -0.39 is 0 Å². The van der Waals surface area contributed by atoms with E-state index in [1.54, 1.807) is 0 Å². The lowest BCUT2D eigenvalue weighted by Crippen LogP contribution is -2.37. The molecule has 0 aromatic rings. The average Bonchev–Trinajstić information content (AvgIpc) is 1.94. The highest BCUT2D eigenvalue weighted by Crippen LogP contribution is 2.23. The Balaban J connectivity index is 2.25. The summed E-state index contributed by atoms with van der Waals surface area (Å²) >= 11 is 0. The van der Waals surface area contributed by atoms with Crippen LogP contribution in [0.4, 0.5) is 0 Å². The topological polar surface area (TPSA) is 32.3 Å². The van der Waals surface area contributed by atoms with Gasteiger partial charge in [0.2, 0.25) is 0 Å². The number of nitrogens with one attached hydrogen (secondary N) is 1. The number of hydrogen-bond acceptors (Lipinski definition) is 2. The van der Waals surface area contributed by atoms with Crippen LogP contribution in [0.1, 0.15) is 32.6 Å². The zero-order chi connectivity index (χ0) is 7.40. The summed E-state index contributed by atoms with van der Waals surface area (Å²) in [6.45, 7) is 2.39. The highest BCUT2D eigenvalue weighted by molar-refractivity contribution is 4.76. The van der Waals surface area contributed by atoms with E-state index in [9.17, 15) is 0 Å². The summed E-state index contributed by atoms with van der Waals surface area (Å²) in [5.74, 6) is 0.751. The van der Waals surface area contributed by atoms with Crippen LogP contribution in [0.2, 0.25) is 0 Å². The van der Waals surface area contributed by atoms with Crippen LogP contribution in [0.25, 0.3) is 0 Å². The van der Waals surface area contributed by atoms with Gasteiger partial charge in [-0.15, -0.1) is 0 Å². The second-order valence-corrected chi connectivity index (χ2v) is 3.23. The fourth-order valence-electron chi connectivity index (χ4n) is 1.74. The van der Waals surface area contributed by atoms with Crippen molar-refractivity contribution in [2.75, 3.05) is 6.73 Å². The van der Waals surface area contributed by atoms with Crippen LogP contribution < -0.4 is 5.32 Å². The normalized spacial score (nSPS) is 34.2. The van der Waals surface area contributed by atoms with Gasteiger partial charge in [0.05, 0.1) is 6.73 Å². The van der Waals surface area contributed by atoms with Gasteiger partial charge in [-0.3, -0.25) is 5.32 Å². The van der Waals surface area contributed by atoms with E-state index in [0.29, 0.717) is 6.04 Å². The van der Waals surface area contributed by atoms with Gasteiger partial charge in [0, 0.05) is 6.04 Å². The maximum absolute atomic E-state index is 8.63. The summed E-state index contributed by atoms with van der Waals surface area (Å²) < 4.78 is 0. The van der Waals surface area contributed by atoms with Crippen molar-refractivity contribution in [3.8, 4) is 0 Å². The molecule has 0 radical (unpaired) electrons. The van der Waals surface area contributed by atoms with Crippen molar-refractivity contribution in [1.29, 1.82) is 0 Å². The first-order valence-electron chi connectivity index (χ1n) is 4.19. The van der Waals surface area contributed by atoms with Crippen LogP contribution in [0.3, 0.4) is 0 Å². The van der Waals surface area contributed by atoms with Crippen LogP contribution in [0.5, 0.6) is 0 Å². The lowest BCUT2D eigenvalue weighted by atomic mass is 9.86. The molecule has 0 saturated heterocycles. The van der Waals surface area contributed by atoms with Gasteiger partial charge in [-0.25, -0.2) is 0 Å². The van der Waals surface area contributed by atoms with Crippen molar-refractivity contribution in [1.82, 2.24) is 5.32 Å². The Labute approximate surface area is 62.6 Å². The van der Waals surface area contributed by atoms with Gasteiger partial charge < -0.3 is 5.11 Å². The first-order valence-corrected chi connectivity index (χ1v) is 4.19. The van der Waals surface area contributed by atoms with Crippen LogP contribution >= 0.6 is 0 Å². The van der Waals surface area contributed by atoms with Crippen LogP contribution in [0, 0.1) is 5.92 Å². The van der Waals surface area contributed by atoms with Crippen LogP contribution in [-0.2, 0) is 0 Å². The highest BCUT2D eigenvalue weighted by Gasteiger charge is 2.19. The molecule has 2 nitrogen and oxygen atoms in total. The Hall–Kier alpha value is -0.0800. The van der Waals surface area contributed by atoms with E-state index in [1.165, 1.54) is 25.7 Å². The van der Waals surface area contributed by atoms with Crippen molar-refractivity contribution in [2.24, 2.45) is 5.92 Å². The summed E-state index contributed by atoms with van der Waals surface area (Å²) in [6.07, 6.45) is 5.24. The predicted octanol–water partition coefficient (Wildman–Crippen LogP) is 1.10. The zero-order valence-corrected chi connectivity index (χ0v) is 6.64. The second kappa shape index (κ2) is 3.94. The monoisotopic (exact) mass is 143 g/mol. The van der Waals surface area contributed by atoms with Gasteiger partial charge in [-0.1, -0.05) is 19.8 Å². The maximum atomic E-state index is 8.63. The second-order valence-electron chi connectivity index (χ2n) is 3.23. The van der Waals surface area contributed by atoms with Gasteiger partial charge in [0.25, 0.3) is 0 Å². The molecule has 2 unspecified atom stereocenters. The summed E-state index contributed by atoms with van der Waals surface area (Å²) in [4.78, 5) is 0. The first-order chi connectivity index (χ1) is 4.84. The quantitative estimate of drug-likeness (QED) is 0.567. The summed E-state index contributed by atoms with van der Waals surface area (Å²) in [5, 5.41) is 11.7. The number of hydrogen-bond donors (Lipinski definition) is 2. The first kappa shape index (κ1) is 8.02. The van der Waals surface area contributed by atoms with Crippen molar-refractivity contribution in [2.45, 2.75) is 38.6 Å². The molecule has 2 atom stereocenters. The molecule has 0 aromatic heterocycles. The third kappa shape index (κ3) is 1.96. The van der Waals surface area contributed by atoms with Crippen LogP contribution in [0.15, 0.2) is 0 Å². The molecule has 60 valence electrons. The molecule has 0 aromatic carbocycles. The smallest absolute Gasteiger partial charge is 0.0933 e. The Morgan fingerprint density at radius 1 is 1.40 bits per heavy atom. The number of aliphatic hydroxyl groups is 1. The highest BCUT2D eigenvalue weighted by atomic mass is 16.3. The minimum absolute atomic E-state index is 0.134. The van der Waals surface area contributed by atoms with Gasteiger partial charge in [-0.2, -0.15) is 0 Å². The summed E-state index contributed by atoms with van der Waals surface area (Å²) in [6, 6.07) is 0.568. The van der Waals surface area contributed by atoms with Gasteiger partial charge in [0.1, 0.15) is 0 Å². The molecular weight excluding hydrogens is 126 g/mol. The van der Waals surface area contributed by atoms with E-state index in [4.69, 9.17) is 5.11 Å². The molecule has 1 saturated carbocycles. The molecule has 1 aliphatic rings. The largest absolute Gasteiger partial charge is 0.381 e. The van der Waals surface area contributed by atoms with Gasteiger partial charge >= 0.3 is 0 Å². The van der Waals surface area contributed by atoms with Crippen LogP contribution in [-0.4, -0.2) is 17.9 Å². The Morgan fingerprint density at radius 2 is 2.10 bits per heavy atom. The third-order valence-electron chi connectivity index (χ3n) is 2.46. The van der Waals surface area contributed by atoms with Crippen molar-refractivity contribution in [3.63, 3.8) is 0 Å². The molecule has 1 aliphatic carbocycles. The molecule has 1 fully saturated rings. The standard InChI is InChI=1S/C8H17NO/c1-7-4-2-3-5-8(7)9-6-10/h7-10H,2-6H2,1H3. The predicted molar refractivity (Wildman–Crippen MR) is 41.6 cm³/mol. The van der Waals surface area contributed by atoms with Crippen molar-refractivity contribution in [3.05, 3.63) is 0 Å². The van der Waals surface area contributed by atoms with E-state index >= 15 is 0 Å². The summed E-state index contributed by atoms with van der Waals surface area (Å²) in [5.41, 5.74) is 0. The maximum Gasteiger partial charge on any atom is 0.0933 e. The third-order valence-corrected chi connectivity index (χ3v) is 2.46. The lowest BCUT2D eigenvalue weighted by molar-refractivity contribution is 0.192. The molecule has 0 aliphatic heterocycles. The molecule has 0 heterocycles. The fraction of sp³-hybridized carbons (Fsp3) is 1.00. The Bertz CT molecular complexity index is 93.3. The fourth-order valence-corrected chi connectivity index (χ4v) is 1.74. The number of rotatable bonds is 2. The lowest BCUT2D eigenvalue weighted by Gasteiger charge is -2.28. The minimum atomic E-state index is 0.134. The zero-order valence-electron chi connectivity index (χ0n) is 6.64. The number of aliphatic hydroxyl groups excluding tert-OH is 1. The molecule has 2 N–H and O–H groups in total. The molecule has 2 heteroatoms. The molecule has 10 heavy (non-hydrogen) atoms. The minimum Gasteiger partial charge on any atom is -0.381 e. The Kier molecular flexibility index (Phi) is 3.16. The Morgan fingerprint density at radius 3 is 2.70 bits per heavy atom. The van der Waals surface area contributed by atoms with Gasteiger partial charge in [0.15, 0.2) is 0 Å². The van der Waals surface area contributed by atoms with E-state index in [-0.39, 0.29) is 6.73 Å². The van der Waals surface area contributed by atoms with E-state index in [0.717, 1.165) is 5.92 Å². The molecule has 1 rings (SSSR count). The van der Waals surface area contributed by atoms with Crippen molar-refractivity contribution < 1.29 is 5.11 Å². The molecule has 0 amide bonds. The molecular formula is C8H17NO. The molecule has 0 spiro atoms. The average molecular weight is 143 g/mol. The van der Waals surface area contributed by atoms with E-state index in [1.807, 2.05) is 0 Å². The SMILES string of the molecule is CC1CCCCC1NCO. The van der Waals surface area contributed by atoms with Crippen molar-refractivity contribution >= 4 is 0 Å². The summed E-state index contributed by atoms with van der Waals surface area (Å²) in [7, 11) is 0.